The van der Waals surface area contributed by atoms with Crippen LogP contribution in [0.25, 0.3) is 0 Å². The van der Waals surface area contributed by atoms with Crippen LogP contribution in [-0.2, 0) is 10.0 Å². The number of hydrogen-bond acceptors (Lipinski definition) is 6. The third-order valence-electron chi connectivity index (χ3n) is 3.26. The van der Waals surface area contributed by atoms with Crippen molar-refractivity contribution < 1.29 is 22.6 Å². The number of hydrogen-bond donors (Lipinski definition) is 1. The predicted molar refractivity (Wildman–Crippen MR) is 95.1 cm³/mol. The third kappa shape index (κ3) is 4.87. The Balaban J connectivity index is 2.12. The van der Waals surface area contributed by atoms with Crippen molar-refractivity contribution in [1.29, 1.82) is 0 Å². The highest BCUT2D eigenvalue weighted by Gasteiger charge is 2.12. The second-order valence-electron chi connectivity index (χ2n) is 4.87. The Labute approximate surface area is 147 Å². The summed E-state index contributed by atoms with van der Waals surface area (Å²) in [5.41, 5.74) is 0.609. The first-order valence-corrected chi connectivity index (χ1v) is 8.98. The molecule has 2 aromatic carbocycles. The van der Waals surface area contributed by atoms with E-state index in [1.807, 2.05) is 6.92 Å². The summed E-state index contributed by atoms with van der Waals surface area (Å²) >= 11 is 0. The third-order valence-corrected chi connectivity index (χ3v) is 4.50. The normalized spacial score (nSPS) is 11.3. The van der Waals surface area contributed by atoms with Crippen LogP contribution in [0.15, 0.2) is 52.5 Å². The van der Waals surface area contributed by atoms with Crippen molar-refractivity contribution >= 4 is 16.2 Å². The molecule has 0 aliphatic carbocycles. The highest BCUT2D eigenvalue weighted by Crippen LogP contribution is 2.23. The van der Waals surface area contributed by atoms with Crippen LogP contribution in [0.4, 0.5) is 0 Å². The second kappa shape index (κ2) is 8.39. The molecule has 0 unspecified atom stereocenters. The molecular formula is C17H20N2O5S. The lowest BCUT2D eigenvalue weighted by Crippen LogP contribution is -2.18. The molecule has 0 atom stereocenters. The average Bonchev–Trinajstić information content (AvgIpc) is 2.62. The lowest BCUT2D eigenvalue weighted by molar-refractivity contribution is 0.340. The smallest absolute Gasteiger partial charge is 0.276 e. The quantitative estimate of drug-likeness (QED) is 0.574. The molecule has 25 heavy (non-hydrogen) atoms. The molecule has 0 aliphatic rings. The molecule has 0 saturated heterocycles. The molecular weight excluding hydrogens is 344 g/mol. The van der Waals surface area contributed by atoms with Gasteiger partial charge in [0.2, 0.25) is 0 Å². The maximum Gasteiger partial charge on any atom is 0.276 e. The van der Waals surface area contributed by atoms with E-state index in [1.54, 1.807) is 37.4 Å². The van der Waals surface area contributed by atoms with E-state index < -0.39 is 10.0 Å². The molecule has 0 bridgehead atoms. The number of hydrazone groups is 1. The molecule has 0 fully saturated rings. The van der Waals surface area contributed by atoms with Crippen LogP contribution in [0.1, 0.15) is 12.5 Å². The first-order valence-electron chi connectivity index (χ1n) is 7.50. The van der Waals surface area contributed by atoms with E-state index in [0.717, 1.165) is 0 Å². The van der Waals surface area contributed by atoms with Gasteiger partial charge in [-0.25, -0.2) is 4.83 Å². The van der Waals surface area contributed by atoms with Gasteiger partial charge in [-0.3, -0.25) is 0 Å². The first kappa shape index (κ1) is 18.6. The molecule has 8 heteroatoms. The molecule has 1 N–H and O–H groups in total. The van der Waals surface area contributed by atoms with Crippen molar-refractivity contribution in [2.45, 2.75) is 11.8 Å². The standard InChI is InChI=1S/C17H20N2O5S/c1-4-24-14-7-9-16(10-8-14)25(20,21)19-18-12-13-5-6-15(22-2)11-17(13)23-3/h5-12,19H,4H2,1-3H3/b18-12-. The monoisotopic (exact) mass is 364 g/mol. The highest BCUT2D eigenvalue weighted by molar-refractivity contribution is 7.89. The van der Waals surface area contributed by atoms with Gasteiger partial charge in [-0.2, -0.15) is 13.5 Å². The molecule has 7 nitrogen and oxygen atoms in total. The van der Waals surface area contributed by atoms with Crippen LogP contribution in [0, 0.1) is 0 Å². The van der Waals surface area contributed by atoms with E-state index in [4.69, 9.17) is 14.2 Å². The molecule has 0 saturated carbocycles. The molecule has 2 rings (SSSR count). The lowest BCUT2D eigenvalue weighted by atomic mass is 10.2. The predicted octanol–water partition coefficient (Wildman–Crippen LogP) is 2.41. The van der Waals surface area contributed by atoms with Gasteiger partial charge in [0.1, 0.15) is 17.2 Å². The topological polar surface area (TPSA) is 86.2 Å². The Morgan fingerprint density at radius 1 is 1.04 bits per heavy atom. The summed E-state index contributed by atoms with van der Waals surface area (Å²) in [6.45, 7) is 2.37. The number of sulfonamides is 1. The van der Waals surface area contributed by atoms with Crippen molar-refractivity contribution in [2.24, 2.45) is 5.10 Å². The minimum Gasteiger partial charge on any atom is -0.497 e. The Morgan fingerprint density at radius 2 is 1.72 bits per heavy atom. The van der Waals surface area contributed by atoms with Gasteiger partial charge in [0, 0.05) is 11.6 Å². The summed E-state index contributed by atoms with van der Waals surface area (Å²) in [4.78, 5) is 2.26. The molecule has 2 aromatic rings. The maximum absolute atomic E-state index is 12.2. The molecule has 0 amide bonds. The van der Waals surface area contributed by atoms with E-state index in [-0.39, 0.29) is 4.90 Å². The second-order valence-corrected chi connectivity index (χ2v) is 6.53. The van der Waals surface area contributed by atoms with Crippen LogP contribution in [0.2, 0.25) is 0 Å². The number of benzene rings is 2. The first-order chi connectivity index (χ1) is 12.0. The minimum absolute atomic E-state index is 0.0924. The molecule has 0 aromatic heterocycles. The van der Waals surface area contributed by atoms with Crippen molar-refractivity contribution in [1.82, 2.24) is 4.83 Å². The molecule has 134 valence electrons. The van der Waals surface area contributed by atoms with Gasteiger partial charge in [-0.1, -0.05) is 0 Å². The van der Waals surface area contributed by atoms with Gasteiger partial charge in [-0.15, -0.1) is 0 Å². The van der Waals surface area contributed by atoms with E-state index >= 15 is 0 Å². The Hall–Kier alpha value is -2.74. The molecule has 0 radical (unpaired) electrons. The van der Waals surface area contributed by atoms with Crippen molar-refractivity contribution in [3.63, 3.8) is 0 Å². The zero-order valence-electron chi connectivity index (χ0n) is 14.2. The number of ether oxygens (including phenoxy) is 3. The molecule has 0 heterocycles. The summed E-state index contributed by atoms with van der Waals surface area (Å²) in [6, 6.07) is 11.2. The van der Waals surface area contributed by atoms with Gasteiger partial charge in [0.25, 0.3) is 10.0 Å². The SMILES string of the molecule is CCOc1ccc(S(=O)(=O)N/N=C\c2ccc(OC)cc2OC)cc1. The fourth-order valence-electron chi connectivity index (χ4n) is 2.02. The lowest BCUT2D eigenvalue weighted by Gasteiger charge is -2.08. The fourth-order valence-corrected chi connectivity index (χ4v) is 2.82. The summed E-state index contributed by atoms with van der Waals surface area (Å²) in [5, 5.41) is 3.80. The summed E-state index contributed by atoms with van der Waals surface area (Å²) in [7, 11) is -0.704. The van der Waals surface area contributed by atoms with Gasteiger partial charge >= 0.3 is 0 Å². The van der Waals surface area contributed by atoms with Crippen LogP contribution >= 0.6 is 0 Å². The largest absolute Gasteiger partial charge is 0.497 e. The molecule has 0 spiro atoms. The zero-order chi connectivity index (χ0) is 18.3. The van der Waals surface area contributed by atoms with E-state index in [1.165, 1.54) is 25.5 Å². The highest BCUT2D eigenvalue weighted by atomic mass is 32.2. The summed E-state index contributed by atoms with van der Waals surface area (Å²) in [6.07, 6.45) is 1.37. The van der Waals surface area contributed by atoms with Crippen LogP contribution in [0.3, 0.4) is 0 Å². The Bertz CT molecular complexity index is 833. The van der Waals surface area contributed by atoms with Gasteiger partial charge < -0.3 is 14.2 Å². The van der Waals surface area contributed by atoms with E-state index in [2.05, 4.69) is 9.93 Å². The number of rotatable bonds is 8. The summed E-state index contributed by atoms with van der Waals surface area (Å²) < 4.78 is 40.1. The molecule has 0 aliphatic heterocycles. The van der Waals surface area contributed by atoms with Gasteiger partial charge in [-0.05, 0) is 43.3 Å². The Morgan fingerprint density at radius 3 is 2.32 bits per heavy atom. The van der Waals surface area contributed by atoms with E-state index in [0.29, 0.717) is 29.4 Å². The van der Waals surface area contributed by atoms with Crippen molar-refractivity contribution in [2.75, 3.05) is 20.8 Å². The van der Waals surface area contributed by atoms with Crippen LogP contribution < -0.4 is 19.0 Å². The van der Waals surface area contributed by atoms with Crippen molar-refractivity contribution in [3.8, 4) is 17.2 Å². The van der Waals surface area contributed by atoms with Crippen LogP contribution in [-0.4, -0.2) is 35.5 Å². The van der Waals surface area contributed by atoms with Crippen molar-refractivity contribution in [3.05, 3.63) is 48.0 Å². The number of methoxy groups -OCH3 is 2. The number of nitrogens with zero attached hydrogens (tertiary/aromatic N) is 1. The van der Waals surface area contributed by atoms with Crippen LogP contribution in [0.5, 0.6) is 17.2 Å². The number of nitrogens with one attached hydrogen (secondary N) is 1. The van der Waals surface area contributed by atoms with E-state index in [9.17, 15) is 8.42 Å². The summed E-state index contributed by atoms with van der Waals surface area (Å²) in [5.74, 6) is 1.75. The zero-order valence-corrected chi connectivity index (χ0v) is 15.0. The fraction of sp³-hybridized carbons (Fsp3) is 0.235. The van der Waals surface area contributed by atoms with Gasteiger partial charge in [0.15, 0.2) is 0 Å². The average molecular weight is 364 g/mol. The minimum atomic E-state index is -3.76. The maximum atomic E-state index is 12.2. The van der Waals surface area contributed by atoms with Gasteiger partial charge in [0.05, 0.1) is 31.9 Å². The Kier molecular flexibility index (Phi) is 6.24.